The van der Waals surface area contributed by atoms with E-state index < -0.39 is 52.2 Å². The number of nitrogens with zero attached hydrogens (tertiary/aromatic N) is 4. The first-order valence-corrected chi connectivity index (χ1v) is 14.2. The van der Waals surface area contributed by atoms with Gasteiger partial charge in [-0.15, -0.1) is 0 Å². The van der Waals surface area contributed by atoms with E-state index in [4.69, 9.17) is 19.0 Å². The summed E-state index contributed by atoms with van der Waals surface area (Å²) in [5.74, 6) is -0.712. The first kappa shape index (κ1) is 26.6. The molecule has 6 N–H and O–H groups in total. The SMILES string of the molecule is C=Cc1nc(NCc2ccccc2)c2ncn([C@@H]3O[C@H](COP(=O)(O)CP(=O)(O)O)[C@@H](O)[C@H]3O)c2n1. The Morgan fingerprint density at radius 2 is 1.86 bits per heavy atom. The van der Waals surface area contributed by atoms with Crippen LogP contribution in [0.3, 0.4) is 0 Å². The minimum atomic E-state index is -4.82. The molecule has 3 heterocycles. The Bertz CT molecular complexity index is 1330. The molecule has 0 saturated carbocycles. The van der Waals surface area contributed by atoms with Crippen LogP contribution < -0.4 is 5.32 Å². The second kappa shape index (κ2) is 10.5. The number of hydrogen-bond donors (Lipinski definition) is 6. The van der Waals surface area contributed by atoms with Crippen LogP contribution in [0.4, 0.5) is 5.82 Å². The van der Waals surface area contributed by atoms with Crippen molar-refractivity contribution < 1.29 is 43.3 Å². The van der Waals surface area contributed by atoms with Crippen LogP contribution in [0, 0.1) is 0 Å². The van der Waals surface area contributed by atoms with Gasteiger partial charge in [0.15, 0.2) is 34.9 Å². The highest BCUT2D eigenvalue weighted by Crippen LogP contribution is 2.55. The lowest BCUT2D eigenvalue weighted by molar-refractivity contribution is -0.0483. The molecule has 5 atom stereocenters. The second-order valence-electron chi connectivity index (χ2n) is 8.08. The Labute approximate surface area is 205 Å². The van der Waals surface area contributed by atoms with Gasteiger partial charge < -0.3 is 39.5 Å². The highest BCUT2D eigenvalue weighted by molar-refractivity contribution is 7.70. The minimum Gasteiger partial charge on any atom is -0.387 e. The van der Waals surface area contributed by atoms with Crippen LogP contribution in [0.25, 0.3) is 17.2 Å². The first-order chi connectivity index (χ1) is 17.0. The lowest BCUT2D eigenvalue weighted by Gasteiger charge is -2.18. The molecule has 0 bridgehead atoms. The number of anilines is 1. The summed E-state index contributed by atoms with van der Waals surface area (Å²) in [6, 6.07) is 9.59. The van der Waals surface area contributed by atoms with Gasteiger partial charge >= 0.3 is 15.2 Å². The van der Waals surface area contributed by atoms with Crippen LogP contribution in [-0.2, 0) is 24.9 Å². The van der Waals surface area contributed by atoms with Gasteiger partial charge in [-0.3, -0.25) is 13.7 Å². The van der Waals surface area contributed by atoms with Crippen LogP contribution in [0.15, 0.2) is 43.2 Å². The van der Waals surface area contributed by atoms with E-state index in [9.17, 15) is 24.2 Å². The number of fused-ring (bicyclic) bond motifs is 1. The minimum absolute atomic E-state index is 0.266. The van der Waals surface area contributed by atoms with Crippen molar-refractivity contribution in [3.63, 3.8) is 0 Å². The van der Waals surface area contributed by atoms with E-state index >= 15 is 0 Å². The molecule has 1 aliphatic rings. The van der Waals surface area contributed by atoms with Gasteiger partial charge in [-0.25, -0.2) is 15.0 Å². The summed E-state index contributed by atoms with van der Waals surface area (Å²) in [6.07, 6.45) is -2.75. The summed E-state index contributed by atoms with van der Waals surface area (Å²) in [4.78, 5) is 40.6. The van der Waals surface area contributed by atoms with Crippen molar-refractivity contribution in [1.29, 1.82) is 0 Å². The fourth-order valence-electron chi connectivity index (χ4n) is 3.68. The Morgan fingerprint density at radius 1 is 1.14 bits per heavy atom. The summed E-state index contributed by atoms with van der Waals surface area (Å²) >= 11 is 0. The fourth-order valence-corrected chi connectivity index (χ4v) is 6.24. The molecule has 194 valence electrons. The molecule has 3 aromatic rings. The molecule has 1 saturated heterocycles. The molecule has 1 aliphatic heterocycles. The first-order valence-electron chi connectivity index (χ1n) is 10.6. The maximum Gasteiger partial charge on any atom is 0.340 e. The molecular weight excluding hydrogens is 516 g/mol. The smallest absolute Gasteiger partial charge is 0.340 e. The number of hydrogen-bond acceptors (Lipinski definition) is 10. The predicted molar refractivity (Wildman–Crippen MR) is 128 cm³/mol. The number of aromatic nitrogens is 4. The normalized spacial score (nSPS) is 24.0. The van der Waals surface area contributed by atoms with E-state index in [1.54, 1.807) is 0 Å². The van der Waals surface area contributed by atoms with E-state index in [1.165, 1.54) is 17.0 Å². The van der Waals surface area contributed by atoms with E-state index in [0.717, 1.165) is 5.56 Å². The maximum atomic E-state index is 11.9. The Balaban J connectivity index is 1.55. The summed E-state index contributed by atoms with van der Waals surface area (Å²) in [7, 11) is -9.50. The number of benzene rings is 1. The van der Waals surface area contributed by atoms with Crippen molar-refractivity contribution in [3.8, 4) is 0 Å². The Kier molecular flexibility index (Phi) is 7.72. The number of imidazole rings is 1. The molecule has 0 spiro atoms. The lowest BCUT2D eigenvalue weighted by atomic mass is 10.1. The molecule has 0 radical (unpaired) electrons. The fraction of sp³-hybridized carbons (Fsp3) is 0.350. The van der Waals surface area contributed by atoms with Crippen molar-refractivity contribution in [2.24, 2.45) is 0 Å². The molecule has 16 heteroatoms. The van der Waals surface area contributed by atoms with E-state index in [1.807, 2.05) is 30.3 Å². The Hall–Kier alpha value is -2.51. The van der Waals surface area contributed by atoms with E-state index in [-0.39, 0.29) is 11.5 Å². The topological polar surface area (TPSA) is 209 Å². The second-order valence-corrected chi connectivity index (χ2v) is 12.1. The van der Waals surface area contributed by atoms with Crippen LogP contribution in [0.5, 0.6) is 0 Å². The molecule has 0 aliphatic carbocycles. The number of ether oxygens (including phenoxy) is 1. The standard InChI is InChI=1S/C20H25N5O9P2/c1-2-14-23-18(21-8-12-6-4-3-5-7-12)15-19(24-14)25(10-22-15)20-17(27)16(26)13(34-20)9-33-36(31,32)11-35(28,29)30/h2-7,10,13,16-17,20,26-27H,1,8-9,11H2,(H,31,32)(H,21,23,24)(H2,28,29,30)/t13-,16-,17-,20-/m1/s1. The molecule has 0 amide bonds. The summed E-state index contributed by atoms with van der Waals surface area (Å²) in [5, 5.41) is 24.2. The van der Waals surface area contributed by atoms with Gasteiger partial charge in [0.2, 0.25) is 0 Å². The van der Waals surface area contributed by atoms with E-state index in [0.29, 0.717) is 17.9 Å². The summed E-state index contributed by atoms with van der Waals surface area (Å²) in [6.45, 7) is 3.44. The summed E-state index contributed by atoms with van der Waals surface area (Å²) < 4.78 is 34.7. The number of aliphatic hydroxyl groups is 2. The van der Waals surface area contributed by atoms with Crippen molar-refractivity contribution in [3.05, 3.63) is 54.6 Å². The summed E-state index contributed by atoms with van der Waals surface area (Å²) in [5.41, 5.74) is 1.63. The maximum absolute atomic E-state index is 11.9. The van der Waals surface area contributed by atoms with Crippen LogP contribution in [0.1, 0.15) is 17.6 Å². The van der Waals surface area contributed by atoms with Gasteiger partial charge in [-0.2, -0.15) is 0 Å². The largest absolute Gasteiger partial charge is 0.387 e. The van der Waals surface area contributed by atoms with Gasteiger partial charge in [0.1, 0.15) is 18.3 Å². The Morgan fingerprint density at radius 3 is 2.53 bits per heavy atom. The molecule has 1 aromatic carbocycles. The van der Waals surface area contributed by atoms with Crippen molar-refractivity contribution in [2.45, 2.75) is 31.1 Å². The van der Waals surface area contributed by atoms with Gasteiger partial charge in [0.05, 0.1) is 12.9 Å². The molecule has 14 nitrogen and oxygen atoms in total. The van der Waals surface area contributed by atoms with Crippen molar-refractivity contribution >= 4 is 38.2 Å². The zero-order valence-electron chi connectivity index (χ0n) is 18.7. The zero-order chi connectivity index (χ0) is 26.1. The monoisotopic (exact) mass is 541 g/mol. The quantitative estimate of drug-likeness (QED) is 0.198. The molecular formula is C20H25N5O9P2. The zero-order valence-corrected chi connectivity index (χ0v) is 20.5. The van der Waals surface area contributed by atoms with Gasteiger partial charge in [0.25, 0.3) is 0 Å². The number of aliphatic hydroxyl groups excluding tert-OH is 2. The predicted octanol–water partition coefficient (Wildman–Crippen LogP) is 1.04. The average molecular weight is 541 g/mol. The number of rotatable bonds is 10. The molecule has 2 aromatic heterocycles. The highest BCUT2D eigenvalue weighted by atomic mass is 31.2. The molecule has 1 fully saturated rings. The molecule has 4 rings (SSSR count). The van der Waals surface area contributed by atoms with Crippen LogP contribution in [0.2, 0.25) is 0 Å². The lowest BCUT2D eigenvalue weighted by Crippen LogP contribution is -2.33. The third-order valence-electron chi connectivity index (χ3n) is 5.34. The molecule has 1 unspecified atom stereocenters. The highest BCUT2D eigenvalue weighted by Gasteiger charge is 2.45. The van der Waals surface area contributed by atoms with E-state index in [2.05, 4.69) is 26.8 Å². The van der Waals surface area contributed by atoms with Crippen molar-refractivity contribution in [1.82, 2.24) is 19.5 Å². The van der Waals surface area contributed by atoms with Gasteiger partial charge in [0, 0.05) is 6.54 Å². The third kappa shape index (κ3) is 6.06. The van der Waals surface area contributed by atoms with Gasteiger partial charge in [-0.1, -0.05) is 36.9 Å². The van der Waals surface area contributed by atoms with Crippen molar-refractivity contribution in [2.75, 3.05) is 17.8 Å². The van der Waals surface area contributed by atoms with Crippen LogP contribution >= 0.6 is 15.2 Å². The van der Waals surface area contributed by atoms with Gasteiger partial charge in [-0.05, 0) is 11.6 Å². The molecule has 36 heavy (non-hydrogen) atoms. The third-order valence-corrected chi connectivity index (χ3v) is 8.79. The number of nitrogens with one attached hydrogen (secondary N) is 1. The van der Waals surface area contributed by atoms with Crippen LogP contribution in [-0.4, -0.2) is 75.2 Å². The average Bonchev–Trinajstić information content (AvgIpc) is 3.36.